The summed E-state index contributed by atoms with van der Waals surface area (Å²) in [6, 6.07) is 16.8. The van der Waals surface area contributed by atoms with Gasteiger partial charge in [0.1, 0.15) is 0 Å². The summed E-state index contributed by atoms with van der Waals surface area (Å²) in [7, 11) is -3.83. The third-order valence-corrected chi connectivity index (χ3v) is 8.54. The standard InChI is InChI=1S/C28H33N7O4S.C2H4/c36-27(23-6-3-16-29-18-23)19-30-17-15-21-7-9-24(10-8-21)31-40(38,39)26-13-11-25(12-14-26)35-28(37)34(32-33-35)20-22-4-1-2-5-22;1-2/h3,6-14,16,18,22,27,30-31,36H,1-2,4-5,15,17,19-20H2;1-2H2. The van der Waals surface area contributed by atoms with Crippen LogP contribution in [0, 0.1) is 5.92 Å². The van der Waals surface area contributed by atoms with Crippen LogP contribution in [0.2, 0.25) is 0 Å². The zero-order valence-corrected chi connectivity index (χ0v) is 24.3. The molecule has 3 N–H and O–H groups in total. The van der Waals surface area contributed by atoms with E-state index in [1.54, 1.807) is 42.7 Å². The fourth-order valence-electron chi connectivity index (χ4n) is 4.87. The van der Waals surface area contributed by atoms with Gasteiger partial charge in [-0.25, -0.2) is 13.2 Å². The molecule has 5 rings (SSSR count). The van der Waals surface area contributed by atoms with E-state index in [2.05, 4.69) is 38.6 Å². The lowest BCUT2D eigenvalue weighted by Gasteiger charge is -2.12. The van der Waals surface area contributed by atoms with Gasteiger partial charge < -0.3 is 10.4 Å². The molecule has 12 heteroatoms. The van der Waals surface area contributed by atoms with E-state index < -0.39 is 16.1 Å². The van der Waals surface area contributed by atoms with Crippen LogP contribution in [0.15, 0.2) is 95.9 Å². The highest BCUT2D eigenvalue weighted by Gasteiger charge is 2.19. The average molecular weight is 592 g/mol. The minimum absolute atomic E-state index is 0.0723. The molecule has 1 saturated carbocycles. The van der Waals surface area contributed by atoms with Crippen LogP contribution in [0.3, 0.4) is 0 Å². The van der Waals surface area contributed by atoms with E-state index in [1.165, 1.54) is 34.3 Å². The molecule has 2 aromatic carbocycles. The average Bonchev–Trinajstić information content (AvgIpc) is 3.67. The molecule has 11 nitrogen and oxygen atoms in total. The maximum Gasteiger partial charge on any atom is 0.368 e. The Morgan fingerprint density at radius 3 is 2.38 bits per heavy atom. The van der Waals surface area contributed by atoms with Crippen LogP contribution in [0.1, 0.15) is 42.9 Å². The summed E-state index contributed by atoms with van der Waals surface area (Å²) in [5, 5.41) is 21.4. The van der Waals surface area contributed by atoms with E-state index in [1.807, 2.05) is 18.2 Å². The molecule has 222 valence electrons. The smallest absolute Gasteiger partial charge is 0.368 e. The van der Waals surface area contributed by atoms with Crippen LogP contribution >= 0.6 is 0 Å². The normalized spacial score (nSPS) is 14.2. The molecular formula is C30H37N7O4S. The number of aliphatic hydroxyl groups is 1. The molecule has 1 atom stereocenters. The van der Waals surface area contributed by atoms with Gasteiger partial charge in [0.2, 0.25) is 0 Å². The van der Waals surface area contributed by atoms with Crippen molar-refractivity contribution in [3.8, 4) is 5.69 Å². The second-order valence-electron chi connectivity index (χ2n) is 10.1. The number of aromatic nitrogens is 5. The van der Waals surface area contributed by atoms with Crippen molar-refractivity contribution >= 4 is 15.7 Å². The van der Waals surface area contributed by atoms with Crippen molar-refractivity contribution in [3.05, 3.63) is 108 Å². The predicted octanol–water partition coefficient (Wildman–Crippen LogP) is 3.48. The summed E-state index contributed by atoms with van der Waals surface area (Å²) in [4.78, 5) is 16.8. The van der Waals surface area contributed by atoms with Gasteiger partial charge >= 0.3 is 5.69 Å². The molecule has 0 bridgehead atoms. The molecule has 2 aromatic heterocycles. The molecule has 0 saturated heterocycles. The largest absolute Gasteiger partial charge is 0.387 e. The molecular weight excluding hydrogens is 554 g/mol. The lowest BCUT2D eigenvalue weighted by Crippen LogP contribution is -2.26. The Balaban J connectivity index is 0.00000198. The fraction of sp³-hybridized carbons (Fsp3) is 0.333. The molecule has 0 aliphatic heterocycles. The third kappa shape index (κ3) is 7.99. The summed E-state index contributed by atoms with van der Waals surface area (Å²) in [6.07, 6.45) is 7.95. The minimum atomic E-state index is -3.83. The summed E-state index contributed by atoms with van der Waals surface area (Å²) in [5.41, 5.74) is 2.35. The van der Waals surface area contributed by atoms with Gasteiger partial charge in [-0.15, -0.1) is 13.2 Å². The molecule has 1 aliphatic rings. The van der Waals surface area contributed by atoms with E-state index in [0.29, 0.717) is 36.9 Å². The summed E-state index contributed by atoms with van der Waals surface area (Å²) in [6.45, 7) is 7.63. The monoisotopic (exact) mass is 591 g/mol. The van der Waals surface area contributed by atoms with Crippen molar-refractivity contribution in [2.45, 2.75) is 49.6 Å². The summed E-state index contributed by atoms with van der Waals surface area (Å²) < 4.78 is 31.0. The highest BCUT2D eigenvalue weighted by molar-refractivity contribution is 7.92. The maximum absolute atomic E-state index is 12.9. The highest BCUT2D eigenvalue weighted by atomic mass is 32.2. The number of benzene rings is 2. The summed E-state index contributed by atoms with van der Waals surface area (Å²) in [5.74, 6) is 0.448. The van der Waals surface area contributed by atoms with E-state index in [0.717, 1.165) is 30.4 Å². The first-order valence-corrected chi connectivity index (χ1v) is 15.4. The van der Waals surface area contributed by atoms with Crippen LogP contribution < -0.4 is 15.7 Å². The number of pyridine rings is 1. The van der Waals surface area contributed by atoms with Crippen molar-refractivity contribution in [1.82, 2.24) is 30.1 Å². The predicted molar refractivity (Wildman–Crippen MR) is 162 cm³/mol. The molecule has 0 spiro atoms. The Bertz CT molecular complexity index is 1560. The second-order valence-corrected chi connectivity index (χ2v) is 11.7. The van der Waals surface area contributed by atoms with Crippen molar-refractivity contribution in [3.63, 3.8) is 0 Å². The number of anilines is 1. The zero-order chi connectivity index (χ0) is 30.0. The van der Waals surface area contributed by atoms with Crippen LogP contribution in [0.5, 0.6) is 0 Å². The topological polar surface area (TPSA) is 144 Å². The highest BCUT2D eigenvalue weighted by Crippen LogP contribution is 2.25. The lowest BCUT2D eigenvalue weighted by molar-refractivity contribution is 0.174. The van der Waals surface area contributed by atoms with Crippen molar-refractivity contribution in [1.29, 1.82) is 0 Å². The molecule has 1 fully saturated rings. The molecule has 0 amide bonds. The molecule has 4 aromatic rings. The number of sulfonamides is 1. The first-order valence-electron chi connectivity index (χ1n) is 13.9. The van der Waals surface area contributed by atoms with E-state index >= 15 is 0 Å². The summed E-state index contributed by atoms with van der Waals surface area (Å²) >= 11 is 0. The number of hydrogen-bond donors (Lipinski definition) is 3. The van der Waals surface area contributed by atoms with Gasteiger partial charge in [-0.05, 0) is 90.2 Å². The van der Waals surface area contributed by atoms with Crippen molar-refractivity contribution in [2.24, 2.45) is 5.92 Å². The van der Waals surface area contributed by atoms with Crippen molar-refractivity contribution < 1.29 is 13.5 Å². The van der Waals surface area contributed by atoms with Crippen LogP contribution in [0.4, 0.5) is 5.69 Å². The number of hydrogen-bond acceptors (Lipinski definition) is 8. The van der Waals surface area contributed by atoms with Gasteiger partial charge in [-0.1, -0.05) is 31.0 Å². The van der Waals surface area contributed by atoms with Gasteiger partial charge in [0.05, 0.1) is 23.2 Å². The molecule has 1 aliphatic carbocycles. The Labute approximate surface area is 246 Å². The number of nitrogens with one attached hydrogen (secondary N) is 2. The number of tetrazole rings is 1. The molecule has 2 heterocycles. The Hall–Kier alpha value is -4.13. The maximum atomic E-state index is 12.9. The Morgan fingerprint density at radius 2 is 1.71 bits per heavy atom. The Morgan fingerprint density at radius 1 is 1.00 bits per heavy atom. The second kappa shape index (κ2) is 14.7. The molecule has 1 unspecified atom stereocenters. The lowest BCUT2D eigenvalue weighted by atomic mass is 10.1. The first-order chi connectivity index (χ1) is 20.4. The van der Waals surface area contributed by atoms with Gasteiger partial charge in [-0.2, -0.15) is 9.36 Å². The van der Waals surface area contributed by atoms with Crippen molar-refractivity contribution in [2.75, 3.05) is 17.8 Å². The van der Waals surface area contributed by atoms with Crippen LogP contribution in [-0.4, -0.2) is 51.4 Å². The minimum Gasteiger partial charge on any atom is -0.387 e. The third-order valence-electron chi connectivity index (χ3n) is 7.14. The fourth-order valence-corrected chi connectivity index (χ4v) is 5.93. The number of aliphatic hydroxyl groups excluding tert-OH is 1. The quantitative estimate of drug-likeness (QED) is 0.168. The van der Waals surface area contributed by atoms with E-state index in [4.69, 9.17) is 0 Å². The number of rotatable bonds is 12. The van der Waals surface area contributed by atoms with Crippen LogP contribution in [-0.2, 0) is 23.0 Å². The van der Waals surface area contributed by atoms with Gasteiger partial charge in [-0.3, -0.25) is 9.71 Å². The van der Waals surface area contributed by atoms with Crippen LogP contribution in [0.25, 0.3) is 5.69 Å². The van der Waals surface area contributed by atoms with E-state index in [-0.39, 0.29) is 10.6 Å². The molecule has 42 heavy (non-hydrogen) atoms. The first kappa shape index (κ1) is 30.8. The zero-order valence-electron chi connectivity index (χ0n) is 23.5. The van der Waals surface area contributed by atoms with Gasteiger partial charge in [0.25, 0.3) is 10.0 Å². The van der Waals surface area contributed by atoms with Gasteiger partial charge in [0, 0.05) is 30.2 Å². The SMILES string of the molecule is C=C.O=c1n(CC2CCCC2)nnn1-c1ccc(S(=O)(=O)Nc2ccc(CCNCC(O)c3cccnc3)cc2)cc1. The van der Waals surface area contributed by atoms with Gasteiger partial charge in [0.15, 0.2) is 0 Å². The molecule has 0 radical (unpaired) electrons. The van der Waals surface area contributed by atoms with E-state index in [9.17, 15) is 18.3 Å². The number of nitrogens with zero attached hydrogens (tertiary/aromatic N) is 5. The Kier molecular flexibility index (Phi) is 10.8.